The molecule has 2 aromatic heterocycles. The molecule has 0 aliphatic carbocycles. The normalized spacial score (nSPS) is 11.6. The number of hydrogen-bond donors (Lipinski definition) is 0. The Kier molecular flexibility index (Phi) is 3.40. The van der Waals surface area contributed by atoms with E-state index in [1.807, 2.05) is 0 Å². The first kappa shape index (κ1) is 15.7. The minimum Gasteiger partial charge on any atom is -0.309 e. The monoisotopic (exact) mass is 375 g/mol. The molecule has 0 saturated heterocycles. The lowest BCUT2D eigenvalue weighted by molar-refractivity contribution is 1.18. The van der Waals surface area contributed by atoms with E-state index in [1.54, 1.807) is 11.3 Å². The summed E-state index contributed by atoms with van der Waals surface area (Å²) < 4.78 is 3.73. The minimum absolute atomic E-state index is 1.19. The van der Waals surface area contributed by atoms with E-state index in [9.17, 15) is 0 Å². The van der Waals surface area contributed by atoms with Crippen molar-refractivity contribution in [3.05, 3.63) is 102 Å². The van der Waals surface area contributed by atoms with Gasteiger partial charge < -0.3 is 4.57 Å². The second-order valence-corrected chi connectivity index (χ2v) is 8.04. The molecule has 2 heterocycles. The average molecular weight is 375 g/mol. The average Bonchev–Trinajstić information content (AvgIpc) is 3.35. The SMILES string of the molecule is c1ccc(-c2ccc(-n3c4ccccc4c4cc5sccc5cc43)cc2)cc1. The highest BCUT2D eigenvalue weighted by Gasteiger charge is 2.13. The predicted molar refractivity (Wildman–Crippen MR) is 122 cm³/mol. The molecule has 4 aromatic carbocycles. The Morgan fingerprint density at radius 1 is 0.571 bits per heavy atom. The van der Waals surface area contributed by atoms with Crippen molar-refractivity contribution in [3.8, 4) is 16.8 Å². The summed E-state index contributed by atoms with van der Waals surface area (Å²) in [7, 11) is 0. The van der Waals surface area contributed by atoms with Gasteiger partial charge in [0.1, 0.15) is 0 Å². The minimum atomic E-state index is 1.19. The highest BCUT2D eigenvalue weighted by atomic mass is 32.1. The molecular weight excluding hydrogens is 358 g/mol. The first-order valence-corrected chi connectivity index (χ1v) is 10.3. The number of para-hydroxylation sites is 1. The first-order chi connectivity index (χ1) is 13.9. The highest BCUT2D eigenvalue weighted by molar-refractivity contribution is 7.17. The van der Waals surface area contributed by atoms with Crippen molar-refractivity contribution >= 4 is 43.2 Å². The van der Waals surface area contributed by atoms with Crippen molar-refractivity contribution in [2.45, 2.75) is 0 Å². The largest absolute Gasteiger partial charge is 0.309 e. The summed E-state index contributed by atoms with van der Waals surface area (Å²) in [5.41, 5.74) is 6.20. The number of rotatable bonds is 2. The molecule has 132 valence electrons. The van der Waals surface area contributed by atoms with Gasteiger partial charge in [0, 0.05) is 21.2 Å². The number of aromatic nitrogens is 1. The molecule has 0 aliphatic rings. The van der Waals surface area contributed by atoms with Gasteiger partial charge >= 0.3 is 0 Å². The van der Waals surface area contributed by atoms with Gasteiger partial charge in [-0.2, -0.15) is 0 Å². The van der Waals surface area contributed by atoms with Crippen molar-refractivity contribution < 1.29 is 0 Å². The quantitative estimate of drug-likeness (QED) is 0.293. The summed E-state index contributed by atoms with van der Waals surface area (Å²) in [6.07, 6.45) is 0. The molecule has 1 nitrogen and oxygen atoms in total. The van der Waals surface area contributed by atoms with Crippen LogP contribution >= 0.6 is 11.3 Å². The fraction of sp³-hybridized carbons (Fsp3) is 0. The van der Waals surface area contributed by atoms with Gasteiger partial charge in [-0.15, -0.1) is 11.3 Å². The molecule has 0 bridgehead atoms. The topological polar surface area (TPSA) is 4.93 Å². The molecule has 28 heavy (non-hydrogen) atoms. The van der Waals surface area contributed by atoms with E-state index in [1.165, 1.54) is 48.7 Å². The fourth-order valence-electron chi connectivity index (χ4n) is 4.14. The molecule has 6 rings (SSSR count). The summed E-state index contributed by atoms with van der Waals surface area (Å²) in [6.45, 7) is 0. The standard InChI is InChI=1S/C26H17NS/c1-2-6-18(7-3-1)19-10-12-21(13-11-19)27-24-9-5-4-8-22(24)23-17-26-20(14-15-28-26)16-25(23)27/h1-17H. The van der Waals surface area contributed by atoms with E-state index in [0.717, 1.165) is 0 Å². The Morgan fingerprint density at radius 2 is 1.32 bits per heavy atom. The fourth-order valence-corrected chi connectivity index (χ4v) is 4.95. The molecule has 0 atom stereocenters. The molecule has 0 N–H and O–H groups in total. The van der Waals surface area contributed by atoms with Crippen molar-refractivity contribution in [1.29, 1.82) is 0 Å². The summed E-state index contributed by atoms with van der Waals surface area (Å²) in [5, 5.41) is 6.10. The van der Waals surface area contributed by atoms with Crippen LogP contribution in [0.5, 0.6) is 0 Å². The zero-order valence-corrected chi connectivity index (χ0v) is 16.0. The third-order valence-electron chi connectivity index (χ3n) is 5.48. The summed E-state index contributed by atoms with van der Waals surface area (Å²) in [5.74, 6) is 0. The van der Waals surface area contributed by atoms with Crippen LogP contribution < -0.4 is 0 Å². The van der Waals surface area contributed by atoms with Crippen molar-refractivity contribution in [2.24, 2.45) is 0 Å². The number of hydrogen-bond acceptors (Lipinski definition) is 1. The van der Waals surface area contributed by atoms with Gasteiger partial charge in [0.15, 0.2) is 0 Å². The van der Waals surface area contributed by atoms with Gasteiger partial charge in [-0.25, -0.2) is 0 Å². The Hall–Kier alpha value is -3.36. The van der Waals surface area contributed by atoms with E-state index in [0.29, 0.717) is 0 Å². The van der Waals surface area contributed by atoms with E-state index >= 15 is 0 Å². The van der Waals surface area contributed by atoms with Crippen LogP contribution in [-0.2, 0) is 0 Å². The maximum absolute atomic E-state index is 2.39. The number of nitrogens with zero attached hydrogens (tertiary/aromatic N) is 1. The predicted octanol–water partition coefficient (Wildman–Crippen LogP) is 7.67. The van der Waals surface area contributed by atoms with Crippen LogP contribution in [0.25, 0.3) is 48.7 Å². The Labute approximate surface area is 167 Å². The van der Waals surface area contributed by atoms with Gasteiger partial charge in [-0.3, -0.25) is 0 Å². The summed E-state index contributed by atoms with van der Waals surface area (Å²) >= 11 is 1.81. The van der Waals surface area contributed by atoms with Crippen LogP contribution in [0.4, 0.5) is 0 Å². The smallest absolute Gasteiger partial charge is 0.0548 e. The van der Waals surface area contributed by atoms with E-state index in [4.69, 9.17) is 0 Å². The number of fused-ring (bicyclic) bond motifs is 4. The lowest BCUT2D eigenvalue weighted by Gasteiger charge is -2.09. The first-order valence-electron chi connectivity index (χ1n) is 9.45. The van der Waals surface area contributed by atoms with Gasteiger partial charge in [0.05, 0.1) is 11.0 Å². The summed E-state index contributed by atoms with van der Waals surface area (Å²) in [4.78, 5) is 0. The lowest BCUT2D eigenvalue weighted by Crippen LogP contribution is -1.93. The van der Waals surface area contributed by atoms with Gasteiger partial charge in [0.2, 0.25) is 0 Å². The van der Waals surface area contributed by atoms with Crippen LogP contribution in [-0.4, -0.2) is 4.57 Å². The maximum Gasteiger partial charge on any atom is 0.0548 e. The Balaban J connectivity index is 1.62. The molecule has 2 heteroatoms. The van der Waals surface area contributed by atoms with E-state index in [2.05, 4.69) is 107 Å². The van der Waals surface area contributed by atoms with Crippen molar-refractivity contribution in [2.75, 3.05) is 0 Å². The van der Waals surface area contributed by atoms with Gasteiger partial charge in [-0.1, -0.05) is 60.7 Å². The van der Waals surface area contributed by atoms with E-state index < -0.39 is 0 Å². The highest BCUT2D eigenvalue weighted by Crippen LogP contribution is 2.36. The molecule has 0 fully saturated rings. The van der Waals surface area contributed by atoms with Crippen LogP contribution in [0.2, 0.25) is 0 Å². The third kappa shape index (κ3) is 2.32. The summed E-state index contributed by atoms with van der Waals surface area (Å²) in [6, 6.07) is 35.0. The Morgan fingerprint density at radius 3 is 2.18 bits per heavy atom. The molecule has 0 aliphatic heterocycles. The molecule has 0 amide bonds. The number of benzene rings is 4. The zero-order valence-electron chi connectivity index (χ0n) is 15.2. The molecule has 0 spiro atoms. The van der Waals surface area contributed by atoms with Crippen molar-refractivity contribution in [1.82, 2.24) is 4.57 Å². The second-order valence-electron chi connectivity index (χ2n) is 7.09. The second kappa shape index (κ2) is 6.08. The number of thiophene rings is 1. The van der Waals surface area contributed by atoms with Gasteiger partial charge in [-0.05, 0) is 58.3 Å². The maximum atomic E-state index is 2.39. The van der Waals surface area contributed by atoms with Crippen molar-refractivity contribution in [3.63, 3.8) is 0 Å². The molecule has 6 aromatic rings. The zero-order chi connectivity index (χ0) is 18.5. The molecule has 0 saturated carbocycles. The van der Waals surface area contributed by atoms with Crippen LogP contribution in [0.3, 0.4) is 0 Å². The van der Waals surface area contributed by atoms with E-state index in [-0.39, 0.29) is 0 Å². The molecular formula is C26H17NS. The van der Waals surface area contributed by atoms with Crippen LogP contribution in [0.15, 0.2) is 102 Å². The molecule has 0 unspecified atom stereocenters. The Bertz CT molecular complexity index is 1440. The lowest BCUT2D eigenvalue weighted by atomic mass is 10.1. The third-order valence-corrected chi connectivity index (χ3v) is 6.36. The van der Waals surface area contributed by atoms with Crippen LogP contribution in [0.1, 0.15) is 0 Å². The molecule has 0 radical (unpaired) electrons. The van der Waals surface area contributed by atoms with Crippen LogP contribution in [0, 0.1) is 0 Å². The van der Waals surface area contributed by atoms with Gasteiger partial charge in [0.25, 0.3) is 0 Å².